The van der Waals surface area contributed by atoms with E-state index in [4.69, 9.17) is 10.5 Å². The van der Waals surface area contributed by atoms with Gasteiger partial charge in [0.2, 0.25) is 0 Å². The average Bonchev–Trinajstić information content (AvgIpc) is 2.69. The third kappa shape index (κ3) is 4.36. The van der Waals surface area contributed by atoms with Gasteiger partial charge in [-0.15, -0.1) is 0 Å². The van der Waals surface area contributed by atoms with Crippen LogP contribution in [-0.2, 0) is 4.74 Å². The molecule has 0 aromatic heterocycles. The van der Waals surface area contributed by atoms with Gasteiger partial charge in [0.25, 0.3) is 0 Å². The minimum atomic E-state index is -4.33. The van der Waals surface area contributed by atoms with E-state index < -0.39 is 12.3 Å². The van der Waals surface area contributed by atoms with Crippen LogP contribution in [0.3, 0.4) is 0 Å². The van der Waals surface area contributed by atoms with Gasteiger partial charge in [-0.1, -0.05) is 12.1 Å². The first-order chi connectivity index (χ1) is 13.4. The van der Waals surface area contributed by atoms with E-state index in [2.05, 4.69) is 11.4 Å². The van der Waals surface area contributed by atoms with Crippen molar-refractivity contribution in [2.75, 3.05) is 29.9 Å². The summed E-state index contributed by atoms with van der Waals surface area (Å²) in [5, 5.41) is 5.68. The van der Waals surface area contributed by atoms with Crippen molar-refractivity contribution in [3.63, 3.8) is 0 Å². The smallest absolute Gasteiger partial charge is 0.382 e. The van der Waals surface area contributed by atoms with Gasteiger partial charge in [-0.25, -0.2) is 0 Å². The third-order valence-electron chi connectivity index (χ3n) is 5.76. The molecule has 1 atom stereocenters. The van der Waals surface area contributed by atoms with Gasteiger partial charge in [-0.2, -0.15) is 13.2 Å². The molecule has 7 heteroatoms. The molecule has 0 radical (unpaired) electrons. The number of alkyl halides is 3. The summed E-state index contributed by atoms with van der Waals surface area (Å²) in [5.41, 5.74) is 7.84. The van der Waals surface area contributed by atoms with Crippen molar-refractivity contribution in [3.8, 4) is 0 Å². The van der Waals surface area contributed by atoms with Gasteiger partial charge >= 0.3 is 6.18 Å². The van der Waals surface area contributed by atoms with Gasteiger partial charge in [-0.3, -0.25) is 0 Å². The Bertz CT molecular complexity index is 818. The van der Waals surface area contributed by atoms with Crippen molar-refractivity contribution >= 4 is 22.1 Å². The number of benzene rings is 2. The summed E-state index contributed by atoms with van der Waals surface area (Å²) in [4.78, 5) is 1.75. The standard InChI is InChI=1S/C21H26F3N3O/c22-21(23,24)20-13-27(9-10-28-20)19-8-2-14-11-18(5-1-15(14)12-19)26-17-6-3-16(25)4-7-17/h1-2,5,8,11-12,16-17,20,26H,3-4,6-7,9-10,13,25H2. The summed E-state index contributed by atoms with van der Waals surface area (Å²) in [5.74, 6) is 0. The van der Waals surface area contributed by atoms with Crippen molar-refractivity contribution in [3.05, 3.63) is 36.4 Å². The van der Waals surface area contributed by atoms with Crippen LogP contribution in [0.5, 0.6) is 0 Å². The minimum absolute atomic E-state index is 0.0795. The number of morpholine rings is 1. The van der Waals surface area contributed by atoms with Crippen LogP contribution >= 0.6 is 0 Å². The highest BCUT2D eigenvalue weighted by Gasteiger charge is 2.43. The van der Waals surface area contributed by atoms with E-state index in [9.17, 15) is 13.2 Å². The molecule has 2 aromatic rings. The van der Waals surface area contributed by atoms with Gasteiger partial charge in [0.15, 0.2) is 6.10 Å². The number of nitrogens with zero attached hydrogens (tertiary/aromatic N) is 1. The summed E-state index contributed by atoms with van der Waals surface area (Å²) in [7, 11) is 0. The lowest BCUT2D eigenvalue weighted by Crippen LogP contribution is -2.49. The number of hydrogen-bond acceptors (Lipinski definition) is 4. The first-order valence-electron chi connectivity index (χ1n) is 9.88. The van der Waals surface area contributed by atoms with Crippen LogP contribution in [-0.4, -0.2) is 44.1 Å². The number of hydrogen-bond donors (Lipinski definition) is 2. The summed E-state index contributed by atoms with van der Waals surface area (Å²) in [6.07, 6.45) is -1.81. The van der Waals surface area contributed by atoms with Gasteiger partial charge < -0.3 is 20.7 Å². The fourth-order valence-corrected chi connectivity index (χ4v) is 4.10. The maximum atomic E-state index is 13.0. The maximum absolute atomic E-state index is 13.0. The lowest BCUT2D eigenvalue weighted by molar-refractivity contribution is -0.221. The van der Waals surface area contributed by atoms with E-state index >= 15 is 0 Å². The van der Waals surface area contributed by atoms with Gasteiger partial charge in [-0.05, 0) is 60.7 Å². The molecule has 1 heterocycles. The molecule has 2 fully saturated rings. The minimum Gasteiger partial charge on any atom is -0.382 e. The zero-order valence-corrected chi connectivity index (χ0v) is 15.7. The number of rotatable bonds is 3. The van der Waals surface area contributed by atoms with Crippen LogP contribution in [0.1, 0.15) is 25.7 Å². The van der Waals surface area contributed by atoms with E-state index in [-0.39, 0.29) is 13.2 Å². The number of ether oxygens (including phenoxy) is 1. The Balaban J connectivity index is 1.47. The fraction of sp³-hybridized carbons (Fsp3) is 0.524. The van der Waals surface area contributed by atoms with Crippen molar-refractivity contribution in [1.29, 1.82) is 0 Å². The topological polar surface area (TPSA) is 50.5 Å². The number of anilines is 2. The van der Waals surface area contributed by atoms with E-state index in [0.717, 1.165) is 47.8 Å². The van der Waals surface area contributed by atoms with Gasteiger partial charge in [0, 0.05) is 30.0 Å². The second-order valence-electron chi connectivity index (χ2n) is 7.85. The molecule has 0 spiro atoms. The highest BCUT2D eigenvalue weighted by atomic mass is 19.4. The molecule has 3 N–H and O–H groups in total. The third-order valence-corrected chi connectivity index (χ3v) is 5.76. The van der Waals surface area contributed by atoms with Crippen molar-refractivity contribution in [1.82, 2.24) is 0 Å². The molecular formula is C21H26F3N3O. The zero-order valence-electron chi connectivity index (χ0n) is 15.7. The van der Waals surface area contributed by atoms with E-state index in [1.165, 1.54) is 0 Å². The second-order valence-corrected chi connectivity index (χ2v) is 7.85. The molecule has 152 valence electrons. The molecule has 1 aliphatic heterocycles. The Labute approximate surface area is 162 Å². The monoisotopic (exact) mass is 393 g/mol. The van der Waals surface area contributed by atoms with Crippen LogP contribution in [0, 0.1) is 0 Å². The number of nitrogens with one attached hydrogen (secondary N) is 1. The average molecular weight is 393 g/mol. The van der Waals surface area contributed by atoms with Gasteiger partial charge in [0.05, 0.1) is 13.2 Å². The van der Waals surface area contributed by atoms with E-state index in [0.29, 0.717) is 18.6 Å². The molecule has 4 nitrogen and oxygen atoms in total. The van der Waals surface area contributed by atoms with Crippen LogP contribution in [0.15, 0.2) is 36.4 Å². The Morgan fingerprint density at radius 3 is 2.46 bits per heavy atom. The molecule has 1 saturated heterocycles. The van der Waals surface area contributed by atoms with Crippen LogP contribution in [0.25, 0.3) is 10.8 Å². The quantitative estimate of drug-likeness (QED) is 0.817. The highest BCUT2D eigenvalue weighted by Crippen LogP contribution is 2.31. The lowest BCUT2D eigenvalue weighted by Gasteiger charge is -2.35. The Morgan fingerprint density at radius 2 is 1.71 bits per heavy atom. The molecule has 0 amide bonds. The predicted octanol–water partition coefficient (Wildman–Crippen LogP) is 4.29. The summed E-state index contributed by atoms with van der Waals surface area (Å²) < 4.78 is 43.8. The molecule has 0 bridgehead atoms. The Morgan fingerprint density at radius 1 is 1.00 bits per heavy atom. The maximum Gasteiger partial charge on any atom is 0.416 e. The van der Waals surface area contributed by atoms with Crippen LogP contribution < -0.4 is 16.0 Å². The van der Waals surface area contributed by atoms with E-state index in [1.807, 2.05) is 30.3 Å². The summed E-state index contributed by atoms with van der Waals surface area (Å²) in [6.45, 7) is 0.371. The number of fused-ring (bicyclic) bond motifs is 1. The van der Waals surface area contributed by atoms with Gasteiger partial charge in [0.1, 0.15) is 0 Å². The highest BCUT2D eigenvalue weighted by molar-refractivity contribution is 5.88. The SMILES string of the molecule is NC1CCC(Nc2ccc3cc(N4CCOC(C(F)(F)F)C4)ccc3c2)CC1. The molecule has 2 aliphatic rings. The summed E-state index contributed by atoms with van der Waals surface area (Å²) in [6, 6.07) is 12.8. The first-order valence-corrected chi connectivity index (χ1v) is 9.88. The molecule has 1 aliphatic carbocycles. The summed E-state index contributed by atoms with van der Waals surface area (Å²) >= 11 is 0. The van der Waals surface area contributed by atoms with Crippen LogP contribution in [0.4, 0.5) is 24.5 Å². The molecular weight excluding hydrogens is 367 g/mol. The number of halogens is 3. The Kier molecular flexibility index (Phi) is 5.38. The Hall–Kier alpha value is -1.99. The lowest BCUT2D eigenvalue weighted by atomic mass is 9.91. The molecule has 28 heavy (non-hydrogen) atoms. The molecule has 1 saturated carbocycles. The molecule has 1 unspecified atom stereocenters. The van der Waals surface area contributed by atoms with E-state index in [1.54, 1.807) is 4.90 Å². The molecule has 4 rings (SSSR count). The second kappa shape index (κ2) is 7.79. The molecule has 2 aromatic carbocycles. The zero-order chi connectivity index (χ0) is 19.7. The van der Waals surface area contributed by atoms with Crippen molar-refractivity contribution in [2.45, 2.75) is 50.0 Å². The van der Waals surface area contributed by atoms with Crippen molar-refractivity contribution < 1.29 is 17.9 Å². The first kappa shape index (κ1) is 19.3. The fourth-order valence-electron chi connectivity index (χ4n) is 4.10. The number of nitrogens with two attached hydrogens (primary N) is 1. The van der Waals surface area contributed by atoms with Crippen LogP contribution in [0.2, 0.25) is 0 Å². The normalized spacial score (nSPS) is 26.4. The predicted molar refractivity (Wildman–Crippen MR) is 106 cm³/mol. The largest absolute Gasteiger partial charge is 0.416 e. The van der Waals surface area contributed by atoms with Crippen molar-refractivity contribution in [2.24, 2.45) is 5.73 Å².